The van der Waals surface area contributed by atoms with Gasteiger partial charge in [0.15, 0.2) is 5.78 Å². The van der Waals surface area contributed by atoms with Crippen molar-refractivity contribution < 1.29 is 9.53 Å². The lowest BCUT2D eigenvalue weighted by atomic mass is 10.1. The van der Waals surface area contributed by atoms with Crippen molar-refractivity contribution in [2.24, 2.45) is 0 Å². The van der Waals surface area contributed by atoms with Crippen molar-refractivity contribution >= 4 is 44.9 Å². The van der Waals surface area contributed by atoms with Gasteiger partial charge in [0.25, 0.3) is 0 Å². The Kier molecular flexibility index (Phi) is 5.08. The number of ketones is 1. The molecule has 0 amide bonds. The lowest BCUT2D eigenvalue weighted by Gasteiger charge is -2.10. The highest BCUT2D eigenvalue weighted by Gasteiger charge is 2.07. The van der Waals surface area contributed by atoms with E-state index in [9.17, 15) is 4.79 Å². The first-order chi connectivity index (χ1) is 9.47. The predicted octanol–water partition coefficient (Wildman–Crippen LogP) is 5.54. The number of benzene rings is 2. The molecule has 0 spiro atoms. The number of halogens is 3. The molecule has 5 heteroatoms. The van der Waals surface area contributed by atoms with E-state index in [-0.39, 0.29) is 5.78 Å². The summed E-state index contributed by atoms with van der Waals surface area (Å²) in [5.41, 5.74) is 1.42. The molecule has 0 N–H and O–H groups in total. The third-order valence-corrected chi connectivity index (χ3v) is 3.88. The minimum atomic E-state index is -0.0330. The van der Waals surface area contributed by atoms with Crippen molar-refractivity contribution in [2.45, 2.75) is 13.5 Å². The van der Waals surface area contributed by atoms with E-state index in [0.717, 1.165) is 10.0 Å². The molecule has 0 heterocycles. The molecule has 0 bridgehead atoms. The van der Waals surface area contributed by atoms with Crippen LogP contribution in [0.2, 0.25) is 10.0 Å². The fraction of sp³-hybridized carbons (Fsp3) is 0.133. The molecule has 0 atom stereocenters. The van der Waals surface area contributed by atoms with Crippen LogP contribution in [-0.4, -0.2) is 5.78 Å². The lowest BCUT2D eigenvalue weighted by Crippen LogP contribution is -1.98. The van der Waals surface area contributed by atoms with Crippen LogP contribution < -0.4 is 4.74 Å². The molecule has 2 aromatic carbocycles. The Morgan fingerprint density at radius 2 is 1.90 bits per heavy atom. The first-order valence-corrected chi connectivity index (χ1v) is 7.39. The Morgan fingerprint density at radius 3 is 2.50 bits per heavy atom. The van der Waals surface area contributed by atoms with Gasteiger partial charge in [-0.3, -0.25) is 4.79 Å². The van der Waals surface area contributed by atoms with Gasteiger partial charge in [-0.05, 0) is 37.3 Å². The van der Waals surface area contributed by atoms with Crippen LogP contribution in [0.5, 0.6) is 5.75 Å². The zero-order valence-corrected chi connectivity index (χ0v) is 13.7. The monoisotopic (exact) mass is 372 g/mol. The Balaban J connectivity index is 2.13. The molecule has 0 radical (unpaired) electrons. The molecule has 2 nitrogen and oxygen atoms in total. The summed E-state index contributed by atoms with van der Waals surface area (Å²) in [4.78, 5) is 11.2. The van der Waals surface area contributed by atoms with E-state index in [1.54, 1.807) is 24.3 Å². The molecule has 0 fully saturated rings. The highest BCUT2D eigenvalue weighted by molar-refractivity contribution is 9.10. The highest BCUT2D eigenvalue weighted by Crippen LogP contribution is 2.28. The topological polar surface area (TPSA) is 26.3 Å². The van der Waals surface area contributed by atoms with Crippen LogP contribution >= 0.6 is 39.1 Å². The van der Waals surface area contributed by atoms with Gasteiger partial charge in [-0.15, -0.1) is 0 Å². The zero-order chi connectivity index (χ0) is 14.7. The van der Waals surface area contributed by atoms with Crippen LogP contribution in [0.4, 0.5) is 0 Å². The normalized spacial score (nSPS) is 10.4. The number of ether oxygens (including phenoxy) is 1. The minimum Gasteiger partial charge on any atom is -0.487 e. The predicted molar refractivity (Wildman–Crippen MR) is 84.9 cm³/mol. The molecule has 104 valence electrons. The number of hydrogen-bond donors (Lipinski definition) is 0. The van der Waals surface area contributed by atoms with Gasteiger partial charge in [0.05, 0.1) is 5.02 Å². The summed E-state index contributed by atoms with van der Waals surface area (Å²) in [6.45, 7) is 1.80. The third-order valence-electron chi connectivity index (χ3n) is 2.74. The largest absolute Gasteiger partial charge is 0.487 e. The Morgan fingerprint density at radius 1 is 1.15 bits per heavy atom. The quantitative estimate of drug-likeness (QED) is 0.658. The van der Waals surface area contributed by atoms with E-state index in [0.29, 0.717) is 28.0 Å². The maximum Gasteiger partial charge on any atom is 0.159 e. The molecular formula is C15H11BrCl2O2. The highest BCUT2D eigenvalue weighted by atomic mass is 79.9. The van der Waals surface area contributed by atoms with E-state index in [1.165, 1.54) is 6.92 Å². The van der Waals surface area contributed by atoms with Crippen molar-refractivity contribution in [3.05, 3.63) is 62.0 Å². The zero-order valence-electron chi connectivity index (χ0n) is 10.6. The average molecular weight is 374 g/mol. The first kappa shape index (κ1) is 15.4. The fourth-order valence-corrected chi connectivity index (χ4v) is 2.59. The van der Waals surface area contributed by atoms with Gasteiger partial charge in [-0.1, -0.05) is 45.2 Å². The molecular weight excluding hydrogens is 363 g/mol. The summed E-state index contributed by atoms with van der Waals surface area (Å²) in [7, 11) is 0. The van der Waals surface area contributed by atoms with Crippen molar-refractivity contribution in [1.82, 2.24) is 0 Å². The van der Waals surface area contributed by atoms with Gasteiger partial charge in [-0.25, -0.2) is 0 Å². The van der Waals surface area contributed by atoms with Crippen LogP contribution in [0.25, 0.3) is 0 Å². The van der Waals surface area contributed by atoms with Crippen LogP contribution in [0.3, 0.4) is 0 Å². The van der Waals surface area contributed by atoms with Crippen molar-refractivity contribution in [1.29, 1.82) is 0 Å². The minimum absolute atomic E-state index is 0.0330. The van der Waals surface area contributed by atoms with Crippen LogP contribution in [0.15, 0.2) is 40.9 Å². The molecule has 0 aromatic heterocycles. The van der Waals surface area contributed by atoms with E-state index in [2.05, 4.69) is 15.9 Å². The third kappa shape index (κ3) is 3.75. The van der Waals surface area contributed by atoms with Gasteiger partial charge in [-0.2, -0.15) is 0 Å². The second-order valence-electron chi connectivity index (χ2n) is 4.23. The number of hydrogen-bond acceptors (Lipinski definition) is 2. The summed E-state index contributed by atoms with van der Waals surface area (Å²) in [5.74, 6) is 0.491. The van der Waals surface area contributed by atoms with Crippen LogP contribution in [-0.2, 0) is 6.61 Å². The molecule has 0 saturated heterocycles. The molecule has 0 aliphatic heterocycles. The number of carbonyl (C=O) groups excluding carboxylic acids is 1. The van der Waals surface area contributed by atoms with Gasteiger partial charge < -0.3 is 4.74 Å². The van der Waals surface area contributed by atoms with Gasteiger partial charge in [0.2, 0.25) is 0 Å². The van der Waals surface area contributed by atoms with E-state index >= 15 is 0 Å². The van der Waals surface area contributed by atoms with Gasteiger partial charge >= 0.3 is 0 Å². The number of rotatable bonds is 4. The maximum atomic E-state index is 11.2. The fourth-order valence-electron chi connectivity index (χ4n) is 1.63. The lowest BCUT2D eigenvalue weighted by molar-refractivity contribution is 0.101. The van der Waals surface area contributed by atoms with Crippen molar-refractivity contribution in [3.63, 3.8) is 0 Å². The molecule has 2 rings (SSSR count). The standard InChI is InChI=1S/C15H11BrCl2O2/c1-9(19)10-3-5-15(14(18)6-10)20-8-11-2-4-12(16)7-13(11)17/h2-7H,8H2,1H3. The van der Waals surface area contributed by atoms with Crippen LogP contribution in [0.1, 0.15) is 22.8 Å². The van der Waals surface area contributed by atoms with E-state index in [4.69, 9.17) is 27.9 Å². The average Bonchev–Trinajstić information content (AvgIpc) is 2.38. The molecule has 2 aromatic rings. The smallest absolute Gasteiger partial charge is 0.159 e. The molecule has 0 aliphatic carbocycles. The Labute approximate surface area is 135 Å². The Hall–Kier alpha value is -1.03. The second kappa shape index (κ2) is 6.61. The van der Waals surface area contributed by atoms with Gasteiger partial charge in [0.1, 0.15) is 12.4 Å². The second-order valence-corrected chi connectivity index (χ2v) is 5.96. The number of Topliss-reactive ketones (excluding diaryl/α,β-unsaturated/α-hetero) is 1. The van der Waals surface area contributed by atoms with E-state index in [1.807, 2.05) is 12.1 Å². The maximum absolute atomic E-state index is 11.2. The first-order valence-electron chi connectivity index (χ1n) is 5.84. The molecule has 0 saturated carbocycles. The molecule has 0 aliphatic rings. The van der Waals surface area contributed by atoms with Crippen LogP contribution in [0, 0.1) is 0 Å². The SMILES string of the molecule is CC(=O)c1ccc(OCc2ccc(Br)cc2Cl)c(Cl)c1. The summed E-state index contributed by atoms with van der Waals surface area (Å²) >= 11 is 15.5. The van der Waals surface area contributed by atoms with Crippen molar-refractivity contribution in [3.8, 4) is 5.75 Å². The number of carbonyl (C=O) groups is 1. The summed E-state index contributed by atoms with van der Waals surface area (Å²) < 4.78 is 6.55. The van der Waals surface area contributed by atoms with Crippen molar-refractivity contribution in [2.75, 3.05) is 0 Å². The molecule has 20 heavy (non-hydrogen) atoms. The summed E-state index contributed by atoms with van der Waals surface area (Å²) in [6.07, 6.45) is 0. The summed E-state index contributed by atoms with van der Waals surface area (Å²) in [6, 6.07) is 10.6. The summed E-state index contributed by atoms with van der Waals surface area (Å²) in [5, 5.41) is 1.03. The Bertz CT molecular complexity index is 656. The van der Waals surface area contributed by atoms with Gasteiger partial charge in [0, 0.05) is 20.6 Å². The molecule has 0 unspecified atom stereocenters. The van der Waals surface area contributed by atoms with E-state index < -0.39 is 0 Å².